The minimum absolute atomic E-state index is 0.00622. The molecule has 0 aliphatic carbocycles. The molecule has 9 heteroatoms. The van der Waals surface area contributed by atoms with Crippen molar-refractivity contribution in [3.8, 4) is 11.3 Å². The molecule has 3 nitrogen and oxygen atoms in total. The molecule has 0 saturated carbocycles. The van der Waals surface area contributed by atoms with E-state index in [9.17, 15) is 31.4 Å². The summed E-state index contributed by atoms with van der Waals surface area (Å²) in [6.07, 6.45) is -6.46. The molecule has 0 saturated heterocycles. The highest BCUT2D eigenvalue weighted by Crippen LogP contribution is 2.34. The molecule has 0 amide bonds. The predicted molar refractivity (Wildman–Crippen MR) is 102 cm³/mol. The van der Waals surface area contributed by atoms with Crippen molar-refractivity contribution in [1.29, 1.82) is 0 Å². The number of rotatable bonds is 9. The topological polar surface area (TPSA) is 45.1 Å². The lowest BCUT2D eigenvalue weighted by Crippen LogP contribution is -2.23. The van der Waals surface area contributed by atoms with E-state index in [1.54, 1.807) is 0 Å². The van der Waals surface area contributed by atoms with Gasteiger partial charge in [-0.3, -0.25) is 0 Å². The predicted octanol–water partition coefficient (Wildman–Crippen LogP) is 5.99. The van der Waals surface area contributed by atoms with E-state index in [0.29, 0.717) is 6.54 Å². The Morgan fingerprint density at radius 1 is 0.933 bits per heavy atom. The molecule has 166 valence electrons. The van der Waals surface area contributed by atoms with Gasteiger partial charge in [-0.15, -0.1) is 0 Å². The molecule has 0 fully saturated rings. The quantitative estimate of drug-likeness (QED) is 0.376. The molecular weight excluding hydrogens is 410 g/mol. The fourth-order valence-corrected chi connectivity index (χ4v) is 2.90. The maximum atomic E-state index is 13.3. The van der Waals surface area contributed by atoms with Crippen molar-refractivity contribution >= 4 is 0 Å². The van der Waals surface area contributed by atoms with E-state index >= 15 is 0 Å². The average molecular weight is 434 g/mol. The highest BCUT2D eigenvalue weighted by atomic mass is 19.4. The fourth-order valence-electron chi connectivity index (χ4n) is 2.90. The molecule has 1 heterocycles. The first-order chi connectivity index (χ1) is 14.0. The first-order valence-electron chi connectivity index (χ1n) is 9.68. The molecule has 2 rings (SSSR count). The molecule has 0 aliphatic heterocycles. The van der Waals surface area contributed by atoms with Gasteiger partial charge in [-0.1, -0.05) is 38.3 Å². The van der Waals surface area contributed by atoms with E-state index in [4.69, 9.17) is 0 Å². The van der Waals surface area contributed by atoms with Crippen LogP contribution < -0.4 is 5.32 Å². The number of nitrogens with zero attached hydrogens (tertiary/aromatic N) is 1. The van der Waals surface area contributed by atoms with Gasteiger partial charge < -0.3 is 10.4 Å². The molecule has 30 heavy (non-hydrogen) atoms. The van der Waals surface area contributed by atoms with Crippen LogP contribution in [0, 0.1) is 0 Å². The lowest BCUT2D eigenvalue weighted by molar-refractivity contribution is -0.141. The number of hydrogen-bond acceptors (Lipinski definition) is 3. The van der Waals surface area contributed by atoms with E-state index in [1.165, 1.54) is 6.07 Å². The monoisotopic (exact) mass is 434 g/mol. The molecule has 0 radical (unpaired) electrons. The fraction of sp³-hybridized carbons (Fsp3) is 0.476. The Morgan fingerprint density at radius 3 is 2.17 bits per heavy atom. The van der Waals surface area contributed by atoms with Gasteiger partial charge in [-0.05, 0) is 42.8 Å². The minimum atomic E-state index is -4.76. The summed E-state index contributed by atoms with van der Waals surface area (Å²) in [6, 6.07) is 5.72. The number of pyridine rings is 1. The van der Waals surface area contributed by atoms with Gasteiger partial charge in [0, 0.05) is 12.1 Å². The second-order valence-corrected chi connectivity index (χ2v) is 7.02. The number of unbranched alkanes of at least 4 members (excludes halogenated alkanes) is 3. The van der Waals surface area contributed by atoms with Crippen LogP contribution in [0.4, 0.5) is 26.3 Å². The van der Waals surface area contributed by atoms with Crippen molar-refractivity contribution in [3.63, 3.8) is 0 Å². The highest BCUT2D eigenvalue weighted by Gasteiger charge is 2.34. The summed E-state index contributed by atoms with van der Waals surface area (Å²) in [5.41, 5.74) is -2.19. The van der Waals surface area contributed by atoms with Crippen LogP contribution in [0.1, 0.15) is 55.5 Å². The van der Waals surface area contributed by atoms with Gasteiger partial charge in [0.1, 0.15) is 5.69 Å². The van der Waals surface area contributed by atoms with Crippen molar-refractivity contribution in [3.05, 3.63) is 53.2 Å². The van der Waals surface area contributed by atoms with Gasteiger partial charge in [-0.25, -0.2) is 4.98 Å². The summed E-state index contributed by atoms with van der Waals surface area (Å²) < 4.78 is 78.0. The highest BCUT2D eigenvalue weighted by molar-refractivity contribution is 5.61. The number of hydrogen-bond donors (Lipinski definition) is 2. The molecule has 1 aromatic carbocycles. The number of aromatic nitrogens is 1. The number of nitrogens with one attached hydrogen (secondary N) is 1. The van der Waals surface area contributed by atoms with Gasteiger partial charge in [0.25, 0.3) is 0 Å². The Morgan fingerprint density at radius 2 is 1.60 bits per heavy atom. The van der Waals surface area contributed by atoms with Gasteiger partial charge >= 0.3 is 12.4 Å². The molecule has 0 aliphatic rings. The number of alkyl halides is 6. The smallest absolute Gasteiger partial charge is 0.387 e. The van der Waals surface area contributed by atoms with Crippen LogP contribution in [-0.2, 0) is 12.4 Å². The number of aliphatic hydroxyl groups is 1. The first kappa shape index (κ1) is 24.1. The SMILES string of the molecule is CCCCCCNCC(O)c1cc(-c2ccc(C(F)(F)F)cc2)nc(C(F)(F)F)c1. The molecule has 1 unspecified atom stereocenters. The first-order valence-corrected chi connectivity index (χ1v) is 9.68. The second kappa shape index (κ2) is 10.3. The second-order valence-electron chi connectivity index (χ2n) is 7.02. The van der Waals surface area contributed by atoms with Gasteiger partial charge in [0.2, 0.25) is 0 Å². The van der Waals surface area contributed by atoms with Crippen molar-refractivity contribution in [1.82, 2.24) is 10.3 Å². The Balaban J connectivity index is 2.23. The third-order valence-electron chi connectivity index (χ3n) is 4.58. The number of halogens is 6. The maximum absolute atomic E-state index is 13.3. The standard InChI is InChI=1S/C21H24F6N2O/c1-2-3-4-5-10-28-13-18(30)15-11-17(29-19(12-15)21(25,26)27)14-6-8-16(9-7-14)20(22,23)24/h6-9,11-12,18,28,30H,2-5,10,13H2,1H3. The molecular formula is C21H24F6N2O. The Kier molecular flexibility index (Phi) is 8.25. The largest absolute Gasteiger partial charge is 0.433 e. The number of benzene rings is 1. The van der Waals surface area contributed by atoms with Crippen LogP contribution >= 0.6 is 0 Å². The summed E-state index contributed by atoms with van der Waals surface area (Å²) in [5, 5.41) is 13.3. The Hall–Kier alpha value is -2.13. The summed E-state index contributed by atoms with van der Waals surface area (Å²) >= 11 is 0. The molecule has 1 aromatic heterocycles. The van der Waals surface area contributed by atoms with E-state index < -0.39 is 29.7 Å². The summed E-state index contributed by atoms with van der Waals surface area (Å²) in [4.78, 5) is 3.54. The molecule has 2 N–H and O–H groups in total. The van der Waals surface area contributed by atoms with Crippen LogP contribution in [0.3, 0.4) is 0 Å². The normalized spacial score (nSPS) is 13.5. The number of aliphatic hydroxyl groups excluding tert-OH is 1. The molecule has 0 spiro atoms. The van der Waals surface area contributed by atoms with Crippen LogP contribution in [0.2, 0.25) is 0 Å². The molecule has 0 bridgehead atoms. The van der Waals surface area contributed by atoms with Crippen molar-refractivity contribution in [2.75, 3.05) is 13.1 Å². The van der Waals surface area contributed by atoms with Gasteiger partial charge in [-0.2, -0.15) is 26.3 Å². The van der Waals surface area contributed by atoms with Crippen molar-refractivity contribution in [2.24, 2.45) is 0 Å². The average Bonchev–Trinajstić information content (AvgIpc) is 2.69. The van der Waals surface area contributed by atoms with E-state index in [1.807, 2.05) is 0 Å². The zero-order valence-electron chi connectivity index (χ0n) is 16.4. The molecule has 1 atom stereocenters. The Bertz CT molecular complexity index is 803. The summed E-state index contributed by atoms with van der Waals surface area (Å²) in [7, 11) is 0. The summed E-state index contributed by atoms with van der Waals surface area (Å²) in [5.74, 6) is 0. The third-order valence-corrected chi connectivity index (χ3v) is 4.58. The third kappa shape index (κ3) is 6.98. The minimum Gasteiger partial charge on any atom is -0.387 e. The van der Waals surface area contributed by atoms with Crippen molar-refractivity contribution in [2.45, 2.75) is 51.1 Å². The van der Waals surface area contributed by atoms with Crippen LogP contribution in [0.15, 0.2) is 36.4 Å². The summed E-state index contributed by atoms with van der Waals surface area (Å²) in [6.45, 7) is 2.76. The Labute approximate surface area is 171 Å². The van der Waals surface area contributed by atoms with E-state index in [0.717, 1.165) is 56.0 Å². The molecule has 2 aromatic rings. The lowest BCUT2D eigenvalue weighted by atomic mass is 10.0. The maximum Gasteiger partial charge on any atom is 0.433 e. The van der Waals surface area contributed by atoms with E-state index in [-0.39, 0.29) is 23.4 Å². The van der Waals surface area contributed by atoms with E-state index in [2.05, 4.69) is 17.2 Å². The zero-order valence-corrected chi connectivity index (χ0v) is 16.4. The lowest BCUT2D eigenvalue weighted by Gasteiger charge is -2.16. The van der Waals surface area contributed by atoms with Gasteiger partial charge in [0.05, 0.1) is 17.4 Å². The van der Waals surface area contributed by atoms with Crippen LogP contribution in [-0.4, -0.2) is 23.2 Å². The zero-order chi connectivity index (χ0) is 22.4. The van der Waals surface area contributed by atoms with Crippen LogP contribution in [0.5, 0.6) is 0 Å². The van der Waals surface area contributed by atoms with Crippen molar-refractivity contribution < 1.29 is 31.4 Å². The van der Waals surface area contributed by atoms with Gasteiger partial charge in [0.15, 0.2) is 0 Å². The van der Waals surface area contributed by atoms with Crippen LogP contribution in [0.25, 0.3) is 11.3 Å².